The zero-order valence-electron chi connectivity index (χ0n) is 16.9. The monoisotopic (exact) mass is 442 g/mol. The molecule has 2 aromatic carbocycles. The Labute approximate surface area is 181 Å². The predicted octanol–water partition coefficient (Wildman–Crippen LogP) is 4.15. The third-order valence-corrected chi connectivity index (χ3v) is 5.05. The molecular weight excluding hydrogens is 421 g/mol. The lowest BCUT2D eigenvalue weighted by Gasteiger charge is -2.19. The molecule has 4 N–H and O–H groups in total. The van der Waals surface area contributed by atoms with Crippen molar-refractivity contribution in [2.45, 2.75) is 25.2 Å². The average molecular weight is 442 g/mol. The minimum Gasteiger partial charge on any atom is -0.405 e. The molecule has 7 nitrogen and oxygen atoms in total. The minimum absolute atomic E-state index is 0.0664. The summed E-state index contributed by atoms with van der Waals surface area (Å²) in [7, 11) is 0. The fourth-order valence-electron chi connectivity index (χ4n) is 3.68. The van der Waals surface area contributed by atoms with Crippen molar-refractivity contribution >= 4 is 17.0 Å². The molecule has 4 rings (SSSR count). The highest BCUT2D eigenvalue weighted by Gasteiger charge is 2.31. The molecule has 0 aliphatic heterocycles. The minimum atomic E-state index is -4.74. The number of hydrogen-bond donors (Lipinski definition) is 3. The van der Waals surface area contributed by atoms with Crippen LogP contribution in [0.2, 0.25) is 0 Å². The SMILES string of the molecule is Nc1cc(C(CCNCc2ccccc2OC(F)(F)F)c2ccccc2)c2nn[nH]c2n1. The van der Waals surface area contributed by atoms with E-state index in [-0.39, 0.29) is 18.2 Å². The van der Waals surface area contributed by atoms with Crippen molar-refractivity contribution in [3.05, 3.63) is 77.4 Å². The molecular formula is C22H21F3N6O. The number of nitrogen functional groups attached to an aromatic ring is 1. The molecule has 0 amide bonds. The standard InChI is InChI=1S/C22H21F3N6O/c23-22(24,25)32-18-9-5-4-8-15(18)13-27-11-10-16(14-6-2-1-3-7-14)17-12-19(26)28-21-20(17)29-31-30-21/h1-9,12,16,27H,10-11,13H2,(H3,26,28,29,30,31). The van der Waals surface area contributed by atoms with Crippen LogP contribution < -0.4 is 15.8 Å². The van der Waals surface area contributed by atoms with Gasteiger partial charge < -0.3 is 15.8 Å². The molecule has 2 aromatic heterocycles. The Morgan fingerprint density at radius 3 is 2.59 bits per heavy atom. The maximum absolute atomic E-state index is 12.7. The van der Waals surface area contributed by atoms with Gasteiger partial charge in [0.05, 0.1) is 0 Å². The van der Waals surface area contributed by atoms with Crippen molar-refractivity contribution in [3.63, 3.8) is 0 Å². The molecule has 0 bridgehead atoms. The van der Waals surface area contributed by atoms with Crippen molar-refractivity contribution < 1.29 is 17.9 Å². The Morgan fingerprint density at radius 1 is 1.06 bits per heavy atom. The van der Waals surface area contributed by atoms with Crippen molar-refractivity contribution in [1.82, 2.24) is 25.7 Å². The van der Waals surface area contributed by atoms with Gasteiger partial charge in [0, 0.05) is 18.0 Å². The van der Waals surface area contributed by atoms with Crippen LogP contribution in [0.15, 0.2) is 60.7 Å². The highest BCUT2D eigenvalue weighted by molar-refractivity contribution is 5.77. The number of alkyl halides is 3. The number of anilines is 1. The molecule has 1 unspecified atom stereocenters. The summed E-state index contributed by atoms with van der Waals surface area (Å²) < 4.78 is 42.1. The molecule has 2 heterocycles. The number of nitrogens with two attached hydrogens (primary N) is 1. The fraction of sp³-hybridized carbons (Fsp3) is 0.227. The third-order valence-electron chi connectivity index (χ3n) is 5.05. The number of para-hydroxylation sites is 1. The quantitative estimate of drug-likeness (QED) is 0.355. The van der Waals surface area contributed by atoms with Crippen molar-refractivity contribution in [1.29, 1.82) is 0 Å². The Bertz CT molecular complexity index is 1180. The molecule has 10 heteroatoms. The van der Waals surface area contributed by atoms with Gasteiger partial charge in [-0.05, 0) is 36.2 Å². The number of rotatable bonds is 8. The molecule has 166 valence electrons. The van der Waals surface area contributed by atoms with Gasteiger partial charge in [-0.3, -0.25) is 0 Å². The van der Waals surface area contributed by atoms with Gasteiger partial charge in [0.25, 0.3) is 0 Å². The second kappa shape index (κ2) is 9.23. The maximum atomic E-state index is 12.7. The van der Waals surface area contributed by atoms with Gasteiger partial charge in [-0.15, -0.1) is 18.3 Å². The maximum Gasteiger partial charge on any atom is 0.573 e. The van der Waals surface area contributed by atoms with Gasteiger partial charge in [-0.1, -0.05) is 53.7 Å². The molecule has 0 aliphatic rings. The van der Waals surface area contributed by atoms with Gasteiger partial charge in [0.1, 0.15) is 17.1 Å². The molecule has 0 radical (unpaired) electrons. The first-order chi connectivity index (χ1) is 15.4. The molecule has 0 saturated carbocycles. The van der Waals surface area contributed by atoms with Crippen LogP contribution >= 0.6 is 0 Å². The van der Waals surface area contributed by atoms with Gasteiger partial charge >= 0.3 is 6.36 Å². The van der Waals surface area contributed by atoms with E-state index in [2.05, 4.69) is 30.4 Å². The summed E-state index contributed by atoms with van der Waals surface area (Å²) in [5.74, 6) is 0.0762. The first kappa shape index (κ1) is 21.6. The molecule has 4 aromatic rings. The smallest absolute Gasteiger partial charge is 0.405 e. The summed E-state index contributed by atoms with van der Waals surface area (Å²) in [5.41, 5.74) is 9.50. The first-order valence-electron chi connectivity index (χ1n) is 9.97. The molecule has 0 saturated heterocycles. The van der Waals surface area contributed by atoms with Crippen LogP contribution in [0.3, 0.4) is 0 Å². The third kappa shape index (κ3) is 5.14. The van der Waals surface area contributed by atoms with Crippen LogP contribution in [0.4, 0.5) is 19.0 Å². The van der Waals surface area contributed by atoms with Gasteiger partial charge in [-0.25, -0.2) is 10.1 Å². The van der Waals surface area contributed by atoms with Gasteiger partial charge in [0.2, 0.25) is 0 Å². The second-order valence-electron chi connectivity index (χ2n) is 7.23. The van der Waals surface area contributed by atoms with E-state index in [9.17, 15) is 13.2 Å². The topological polar surface area (TPSA) is 102 Å². The number of nitrogens with one attached hydrogen (secondary N) is 2. The van der Waals surface area contributed by atoms with E-state index in [1.54, 1.807) is 18.2 Å². The molecule has 0 fully saturated rings. The summed E-state index contributed by atoms with van der Waals surface area (Å²) in [4.78, 5) is 4.22. The van der Waals surface area contributed by atoms with E-state index in [4.69, 9.17) is 5.73 Å². The lowest BCUT2D eigenvalue weighted by Crippen LogP contribution is -2.21. The molecule has 0 aliphatic carbocycles. The van der Waals surface area contributed by atoms with Crippen LogP contribution in [-0.2, 0) is 6.54 Å². The number of benzene rings is 2. The average Bonchev–Trinajstić information content (AvgIpc) is 3.22. The number of aromatic nitrogens is 4. The van der Waals surface area contributed by atoms with Crippen molar-refractivity contribution in [2.75, 3.05) is 12.3 Å². The van der Waals surface area contributed by atoms with Gasteiger partial charge in [0.15, 0.2) is 5.65 Å². The van der Waals surface area contributed by atoms with Crippen LogP contribution in [0.25, 0.3) is 11.2 Å². The van der Waals surface area contributed by atoms with E-state index in [0.717, 1.165) is 11.1 Å². The van der Waals surface area contributed by atoms with E-state index >= 15 is 0 Å². The Balaban J connectivity index is 1.51. The number of hydrogen-bond acceptors (Lipinski definition) is 6. The van der Waals surface area contributed by atoms with Gasteiger partial charge in [-0.2, -0.15) is 0 Å². The zero-order chi connectivity index (χ0) is 22.6. The Kier molecular flexibility index (Phi) is 6.22. The van der Waals surface area contributed by atoms with Crippen LogP contribution in [0, 0.1) is 0 Å². The Morgan fingerprint density at radius 2 is 1.81 bits per heavy atom. The lowest BCUT2D eigenvalue weighted by molar-refractivity contribution is -0.274. The van der Waals surface area contributed by atoms with Crippen LogP contribution in [-0.4, -0.2) is 33.3 Å². The van der Waals surface area contributed by atoms with E-state index in [0.29, 0.717) is 35.5 Å². The summed E-state index contributed by atoms with van der Waals surface area (Å²) in [6, 6.07) is 17.7. The number of ether oxygens (including phenoxy) is 1. The molecule has 1 atom stereocenters. The van der Waals surface area contributed by atoms with Crippen LogP contribution in [0.1, 0.15) is 29.0 Å². The summed E-state index contributed by atoms with van der Waals surface area (Å²) in [6.07, 6.45) is -4.09. The second-order valence-corrected chi connectivity index (χ2v) is 7.23. The highest BCUT2D eigenvalue weighted by atomic mass is 19.4. The number of nitrogens with zero attached hydrogens (tertiary/aromatic N) is 3. The fourth-order valence-corrected chi connectivity index (χ4v) is 3.68. The highest BCUT2D eigenvalue weighted by Crippen LogP contribution is 2.32. The first-order valence-corrected chi connectivity index (χ1v) is 9.97. The zero-order valence-corrected chi connectivity index (χ0v) is 16.9. The van der Waals surface area contributed by atoms with E-state index < -0.39 is 6.36 Å². The molecule has 0 spiro atoms. The summed E-state index contributed by atoms with van der Waals surface area (Å²) >= 11 is 0. The normalized spacial score (nSPS) is 12.7. The predicted molar refractivity (Wildman–Crippen MR) is 114 cm³/mol. The summed E-state index contributed by atoms with van der Waals surface area (Å²) in [6.45, 7) is 0.757. The number of pyridine rings is 1. The van der Waals surface area contributed by atoms with E-state index in [1.165, 1.54) is 12.1 Å². The number of halogens is 3. The Hall–Kier alpha value is -3.66. The number of fused-ring (bicyclic) bond motifs is 1. The number of H-pyrrole nitrogens is 1. The number of aromatic amines is 1. The van der Waals surface area contributed by atoms with Crippen molar-refractivity contribution in [2.24, 2.45) is 0 Å². The summed E-state index contributed by atoms with van der Waals surface area (Å²) in [5, 5.41) is 14.0. The van der Waals surface area contributed by atoms with Crippen molar-refractivity contribution in [3.8, 4) is 5.75 Å². The lowest BCUT2D eigenvalue weighted by atomic mass is 9.88. The molecule has 32 heavy (non-hydrogen) atoms. The largest absolute Gasteiger partial charge is 0.573 e. The van der Waals surface area contributed by atoms with Crippen LogP contribution in [0.5, 0.6) is 5.75 Å². The van der Waals surface area contributed by atoms with E-state index in [1.807, 2.05) is 30.3 Å².